The van der Waals surface area contributed by atoms with Crippen LogP contribution in [0.15, 0.2) is 96.3 Å². The predicted octanol–water partition coefficient (Wildman–Crippen LogP) is 12.8. The van der Waals surface area contributed by atoms with Crippen molar-refractivity contribution in [1.82, 2.24) is 9.14 Å². The fraction of sp³-hybridized carbons (Fsp3) is 0.273. The van der Waals surface area contributed by atoms with Gasteiger partial charge < -0.3 is 9.67 Å². The highest BCUT2D eigenvalue weighted by atomic mass is 19.4. The summed E-state index contributed by atoms with van der Waals surface area (Å²) < 4.78 is 130. The molecule has 4 aromatic carbocycles. The number of hydrogen-bond acceptors (Lipinski definition) is 2. The second kappa shape index (κ2) is 13.8. The van der Waals surface area contributed by atoms with E-state index in [4.69, 9.17) is 0 Å². The first-order chi connectivity index (χ1) is 26.6. The highest BCUT2D eigenvalue weighted by Crippen LogP contribution is 2.50. The van der Waals surface area contributed by atoms with E-state index in [9.17, 15) is 49.4 Å². The highest BCUT2D eigenvalue weighted by molar-refractivity contribution is 6.48. The first kappa shape index (κ1) is 39.6. The maximum atomic E-state index is 14.7. The molecule has 0 saturated heterocycles. The molecule has 57 heavy (non-hydrogen) atoms. The number of hydrogen-bond donors (Lipinski definition) is 1. The number of carbonyl (C=O) groups excluding carboxylic acids is 1. The van der Waals surface area contributed by atoms with Crippen LogP contribution in [-0.4, -0.2) is 21.2 Å². The van der Waals surface area contributed by atoms with E-state index >= 15 is 0 Å². The van der Waals surface area contributed by atoms with Crippen LogP contribution >= 0.6 is 0 Å². The molecule has 1 aliphatic heterocycles. The van der Waals surface area contributed by atoms with Crippen LogP contribution in [0, 0.1) is 18.8 Å². The zero-order valence-corrected chi connectivity index (χ0v) is 31.3. The molecule has 0 saturated carbocycles. The maximum Gasteiger partial charge on any atom is 0.416 e. The number of fused-ring (bicyclic) bond motifs is 2. The molecule has 296 valence electrons. The number of rotatable bonds is 7. The topological polar surface area (TPSA) is 45.2 Å². The fourth-order valence-electron chi connectivity index (χ4n) is 7.88. The summed E-state index contributed by atoms with van der Waals surface area (Å²) in [5, 5.41) is 12.6. The third-order valence-corrected chi connectivity index (χ3v) is 10.1. The molecular weight excluding hydrogens is 759 g/mol. The lowest BCUT2D eigenvalue weighted by molar-refractivity contribution is -0.143. The molecule has 7 rings (SSSR count). The first-order valence-electron chi connectivity index (χ1n) is 18.2. The van der Waals surface area contributed by atoms with Gasteiger partial charge in [0, 0.05) is 47.0 Å². The predicted molar refractivity (Wildman–Crippen MR) is 202 cm³/mol. The summed E-state index contributed by atoms with van der Waals surface area (Å²) in [6.45, 7) is 8.96. The minimum atomic E-state index is -5.12. The van der Waals surface area contributed by atoms with E-state index in [1.54, 1.807) is 73.9 Å². The fourth-order valence-corrected chi connectivity index (χ4v) is 7.88. The van der Waals surface area contributed by atoms with Crippen LogP contribution in [-0.2, 0) is 29.7 Å². The lowest BCUT2D eigenvalue weighted by atomic mass is 9.76. The highest BCUT2D eigenvalue weighted by Gasteiger charge is 2.48. The van der Waals surface area contributed by atoms with E-state index in [0.717, 1.165) is 12.1 Å². The van der Waals surface area contributed by atoms with Gasteiger partial charge >= 0.3 is 18.5 Å². The number of carbonyl (C=O) groups is 1. The van der Waals surface area contributed by atoms with E-state index in [2.05, 4.69) is 0 Å². The Balaban J connectivity index is 1.54. The number of alkyl halides is 9. The average molecular weight is 796 g/mol. The number of halogens is 9. The quantitative estimate of drug-likeness (QED) is 0.101. The summed E-state index contributed by atoms with van der Waals surface area (Å²) in [7, 11) is 0. The van der Waals surface area contributed by atoms with E-state index in [-0.39, 0.29) is 64.5 Å². The van der Waals surface area contributed by atoms with Gasteiger partial charge in [0.05, 0.1) is 44.5 Å². The summed E-state index contributed by atoms with van der Waals surface area (Å²) in [6, 6.07) is 18.1. The largest absolute Gasteiger partial charge is 0.506 e. The zero-order chi connectivity index (χ0) is 41.5. The van der Waals surface area contributed by atoms with Crippen LogP contribution in [0.3, 0.4) is 0 Å². The Morgan fingerprint density at radius 3 is 1.81 bits per heavy atom. The van der Waals surface area contributed by atoms with Gasteiger partial charge in [0.15, 0.2) is 5.71 Å². The molecule has 4 nitrogen and oxygen atoms in total. The van der Waals surface area contributed by atoms with E-state index in [0.29, 0.717) is 45.4 Å². The standard InChI is InChI=1S/C44H35F9N2O2/c1-22(2)14-34-36(30-10-6-8-12-32(30)54(34)28-17-24(5)16-25(19-28)42(45,46)47)38-40(56)39(41(38)57)37-31-11-7-9-13-33(31)55(35(37)15-23(3)4)29-20-26(43(48,49)50)18-27(21-29)44(51,52)53/h6-13,16-23H,14-15H2,1-5H3/p+1. The number of aliphatic hydroxyl groups excluding tert-OH is 1. The van der Waals surface area contributed by atoms with Crippen LogP contribution in [0.25, 0.3) is 27.7 Å². The maximum absolute atomic E-state index is 14.7. The van der Waals surface area contributed by atoms with Gasteiger partial charge in [-0.3, -0.25) is 4.79 Å². The Morgan fingerprint density at radius 2 is 1.23 bits per heavy atom. The zero-order valence-electron chi connectivity index (χ0n) is 31.3. The smallest absolute Gasteiger partial charge is 0.416 e. The number of aromatic nitrogens is 1. The van der Waals surface area contributed by atoms with E-state index < -0.39 is 52.4 Å². The molecule has 0 fully saturated rings. The molecule has 1 aliphatic carbocycles. The van der Waals surface area contributed by atoms with Crippen molar-refractivity contribution < 1.29 is 49.4 Å². The Kier molecular flexibility index (Phi) is 9.60. The van der Waals surface area contributed by atoms with Gasteiger partial charge in [-0.05, 0) is 67.1 Å². The molecular formula is C44H36F9N2O2+. The number of nitrogens with zero attached hydrogens (tertiary/aromatic N) is 2. The number of para-hydroxylation sites is 2. The summed E-state index contributed by atoms with van der Waals surface area (Å²) in [4.78, 5) is 14.7. The Morgan fingerprint density at radius 1 is 0.667 bits per heavy atom. The molecule has 0 amide bonds. The molecule has 0 spiro atoms. The molecule has 1 aromatic heterocycles. The van der Waals surface area contributed by atoms with Gasteiger partial charge in [-0.2, -0.15) is 44.1 Å². The number of allylic oxidation sites excluding steroid dienone is 3. The minimum absolute atomic E-state index is 0.0507. The van der Waals surface area contributed by atoms with Crippen LogP contribution in [0.4, 0.5) is 50.9 Å². The van der Waals surface area contributed by atoms with Gasteiger partial charge in [0.1, 0.15) is 5.76 Å². The molecule has 1 N–H and O–H groups in total. The van der Waals surface area contributed by atoms with Crippen LogP contribution < -0.4 is 4.58 Å². The first-order valence-corrected chi connectivity index (χ1v) is 18.2. The normalized spacial score (nSPS) is 16.5. The minimum Gasteiger partial charge on any atom is -0.506 e. The van der Waals surface area contributed by atoms with Crippen molar-refractivity contribution in [2.45, 2.75) is 66.0 Å². The molecule has 2 heterocycles. The monoisotopic (exact) mass is 795 g/mol. The number of ketones is 1. The van der Waals surface area contributed by atoms with Crippen molar-refractivity contribution in [3.05, 3.63) is 135 Å². The van der Waals surface area contributed by atoms with Crippen LogP contribution in [0.2, 0.25) is 0 Å². The van der Waals surface area contributed by atoms with E-state index in [1.165, 1.54) is 10.6 Å². The van der Waals surface area contributed by atoms with Crippen molar-refractivity contribution in [3.63, 3.8) is 0 Å². The van der Waals surface area contributed by atoms with E-state index in [1.807, 2.05) is 13.8 Å². The number of benzene rings is 4. The van der Waals surface area contributed by atoms with Crippen molar-refractivity contribution in [2.24, 2.45) is 11.8 Å². The number of aliphatic hydroxyl groups is 1. The van der Waals surface area contributed by atoms with Gasteiger partial charge in [0.25, 0.3) is 0 Å². The van der Waals surface area contributed by atoms with Crippen molar-refractivity contribution in [3.8, 4) is 5.69 Å². The average Bonchev–Trinajstić information content (AvgIpc) is 3.58. The van der Waals surface area contributed by atoms with Crippen LogP contribution in [0.5, 0.6) is 0 Å². The third-order valence-electron chi connectivity index (χ3n) is 10.1. The van der Waals surface area contributed by atoms with Crippen molar-refractivity contribution in [2.75, 3.05) is 0 Å². The summed E-state index contributed by atoms with van der Waals surface area (Å²) in [5.74, 6) is -1.35. The lowest BCUT2D eigenvalue weighted by Gasteiger charge is -2.25. The molecule has 0 radical (unpaired) electrons. The summed E-state index contributed by atoms with van der Waals surface area (Å²) in [6.07, 6.45) is -14.5. The molecule has 0 unspecified atom stereocenters. The Bertz CT molecular complexity index is 2550. The lowest BCUT2D eigenvalue weighted by Crippen LogP contribution is -2.26. The van der Waals surface area contributed by atoms with Gasteiger partial charge in [-0.15, -0.1) is 0 Å². The molecule has 13 heteroatoms. The van der Waals surface area contributed by atoms with Crippen molar-refractivity contribution in [1.29, 1.82) is 0 Å². The molecule has 0 atom stereocenters. The molecule has 0 bridgehead atoms. The van der Waals surface area contributed by atoms with Gasteiger partial charge in [-0.1, -0.05) is 58.0 Å². The Hall–Kier alpha value is -5.59. The second-order valence-electron chi connectivity index (χ2n) is 15.3. The summed E-state index contributed by atoms with van der Waals surface area (Å²) in [5.41, 5.74) is -1.79. The van der Waals surface area contributed by atoms with Gasteiger partial charge in [0.2, 0.25) is 17.2 Å². The number of aryl methyl sites for hydroxylation is 1. The third kappa shape index (κ3) is 6.95. The number of Topliss-reactive ketones (excluding diaryl/α,β-unsaturated/α-hetero) is 1. The Labute approximate surface area is 321 Å². The van der Waals surface area contributed by atoms with Crippen molar-refractivity contribution >= 4 is 44.9 Å². The molecule has 5 aromatic rings. The summed E-state index contributed by atoms with van der Waals surface area (Å²) >= 11 is 0. The van der Waals surface area contributed by atoms with Gasteiger partial charge in [-0.25, -0.2) is 0 Å². The molecule has 2 aliphatic rings. The second-order valence-corrected chi connectivity index (χ2v) is 15.3. The SMILES string of the molecule is Cc1cc(-n2c(CC(C)C)c(C3=C(O)C(=C4C(CC(C)C)=[N+](c5cc(C(F)(F)F)cc(C(F)(F)F)c5)c5ccccc54)C3=O)c3ccccc32)cc(C(F)(F)F)c1. The van der Waals surface area contributed by atoms with Crippen LogP contribution in [0.1, 0.15) is 73.2 Å².